The Morgan fingerprint density at radius 2 is 2.06 bits per heavy atom. The van der Waals surface area contributed by atoms with Gasteiger partial charge in [0.2, 0.25) is 5.91 Å². The second-order valence-electron chi connectivity index (χ2n) is 3.78. The fourth-order valence-electron chi connectivity index (χ4n) is 1.28. The van der Waals surface area contributed by atoms with E-state index in [-0.39, 0.29) is 17.8 Å². The molecule has 0 bridgehead atoms. The molecule has 2 N–H and O–H groups in total. The van der Waals surface area contributed by atoms with E-state index in [1.165, 1.54) is 0 Å². The van der Waals surface area contributed by atoms with E-state index in [1.807, 2.05) is 0 Å². The van der Waals surface area contributed by atoms with E-state index < -0.39 is 17.7 Å². The van der Waals surface area contributed by atoms with Crippen molar-refractivity contribution in [2.45, 2.75) is 0 Å². The number of carboxylic acid groups (broad SMARTS) is 1. The fourth-order valence-corrected chi connectivity index (χ4v) is 1.28. The average Bonchev–Trinajstić information content (AvgIpc) is 2.15. The molecular weight excluding hydrogens is 227 g/mol. The van der Waals surface area contributed by atoms with Gasteiger partial charge < -0.3 is 15.3 Å². The predicted octanol–water partition coefficient (Wildman–Crippen LogP) is 1.02. The van der Waals surface area contributed by atoms with Gasteiger partial charge in [0.1, 0.15) is 5.82 Å². The molecule has 17 heavy (non-hydrogen) atoms. The molecule has 0 aliphatic heterocycles. The first-order valence-electron chi connectivity index (χ1n) is 4.87. The maximum Gasteiger partial charge on any atom is 0.337 e. The molecule has 0 aliphatic carbocycles. The van der Waals surface area contributed by atoms with Crippen LogP contribution in [0.3, 0.4) is 0 Å². The number of amides is 1. The van der Waals surface area contributed by atoms with Crippen LogP contribution in [0.5, 0.6) is 0 Å². The molecule has 0 aliphatic rings. The number of hydrogen-bond acceptors (Lipinski definition) is 3. The highest BCUT2D eigenvalue weighted by Gasteiger charge is 2.13. The summed E-state index contributed by atoms with van der Waals surface area (Å²) in [6.07, 6.45) is 0. The molecule has 0 unspecified atom stereocenters. The molecule has 0 saturated carbocycles. The Hall–Kier alpha value is -1.95. The van der Waals surface area contributed by atoms with Gasteiger partial charge in [0.25, 0.3) is 0 Å². The van der Waals surface area contributed by atoms with E-state index >= 15 is 0 Å². The number of halogens is 1. The quantitative estimate of drug-likeness (QED) is 0.824. The van der Waals surface area contributed by atoms with Crippen molar-refractivity contribution in [1.82, 2.24) is 4.90 Å². The number of hydrogen-bond donors (Lipinski definition) is 2. The summed E-state index contributed by atoms with van der Waals surface area (Å²) in [4.78, 5) is 23.9. The Morgan fingerprint density at radius 1 is 1.41 bits per heavy atom. The summed E-state index contributed by atoms with van der Waals surface area (Å²) in [5, 5.41) is 11.2. The summed E-state index contributed by atoms with van der Waals surface area (Å²) in [5.41, 5.74) is -0.178. The summed E-state index contributed by atoms with van der Waals surface area (Å²) < 4.78 is 13.0. The van der Waals surface area contributed by atoms with Crippen molar-refractivity contribution >= 4 is 17.6 Å². The standard InChI is InChI=1S/C11H13FN2O3/c1-14(2)6-10(15)13-9-5-7(12)3-4-8(9)11(16)17/h3-5H,6H2,1-2H3,(H,13,15)(H,16,17). The highest BCUT2D eigenvalue weighted by molar-refractivity contribution is 6.01. The summed E-state index contributed by atoms with van der Waals surface area (Å²) in [5.74, 6) is -2.22. The minimum atomic E-state index is -1.22. The van der Waals surface area contributed by atoms with E-state index in [4.69, 9.17) is 5.11 Å². The molecule has 0 heterocycles. The fraction of sp³-hybridized carbons (Fsp3) is 0.273. The molecule has 0 fully saturated rings. The maximum absolute atomic E-state index is 13.0. The van der Waals surface area contributed by atoms with Crippen LogP contribution in [0.2, 0.25) is 0 Å². The Balaban J connectivity index is 2.92. The Kier molecular flexibility index (Phi) is 4.17. The molecule has 6 heteroatoms. The lowest BCUT2D eigenvalue weighted by molar-refractivity contribution is -0.116. The number of rotatable bonds is 4. The Morgan fingerprint density at radius 3 is 2.59 bits per heavy atom. The van der Waals surface area contributed by atoms with Gasteiger partial charge in [-0.05, 0) is 32.3 Å². The van der Waals surface area contributed by atoms with Crippen LogP contribution in [0.25, 0.3) is 0 Å². The summed E-state index contributed by atoms with van der Waals surface area (Å²) >= 11 is 0. The lowest BCUT2D eigenvalue weighted by Gasteiger charge is -2.11. The van der Waals surface area contributed by atoms with Crippen LogP contribution in [0.15, 0.2) is 18.2 Å². The van der Waals surface area contributed by atoms with Crippen LogP contribution >= 0.6 is 0 Å². The van der Waals surface area contributed by atoms with Crippen LogP contribution in [0.4, 0.5) is 10.1 Å². The zero-order valence-corrected chi connectivity index (χ0v) is 9.53. The highest BCUT2D eigenvalue weighted by atomic mass is 19.1. The minimum absolute atomic E-state index is 0.0376. The Labute approximate surface area is 97.8 Å². The van der Waals surface area contributed by atoms with Crippen LogP contribution in [0.1, 0.15) is 10.4 Å². The van der Waals surface area contributed by atoms with Gasteiger partial charge in [0.05, 0.1) is 17.8 Å². The number of nitrogens with zero attached hydrogens (tertiary/aromatic N) is 1. The van der Waals surface area contributed by atoms with Crippen molar-refractivity contribution in [3.8, 4) is 0 Å². The van der Waals surface area contributed by atoms with Crippen LogP contribution < -0.4 is 5.32 Å². The number of aromatic carboxylic acids is 1. The van der Waals surface area contributed by atoms with Crippen LogP contribution in [-0.2, 0) is 4.79 Å². The SMILES string of the molecule is CN(C)CC(=O)Nc1cc(F)ccc1C(=O)O. The molecule has 0 atom stereocenters. The lowest BCUT2D eigenvalue weighted by Crippen LogP contribution is -2.27. The third-order valence-electron chi connectivity index (χ3n) is 1.95. The summed E-state index contributed by atoms with van der Waals surface area (Å²) in [6, 6.07) is 3.13. The van der Waals surface area contributed by atoms with Gasteiger partial charge in [-0.15, -0.1) is 0 Å². The number of likely N-dealkylation sites (N-methyl/N-ethyl adjacent to an activating group) is 1. The van der Waals surface area contributed by atoms with Crippen LogP contribution in [-0.4, -0.2) is 42.5 Å². The van der Waals surface area contributed by atoms with Gasteiger partial charge >= 0.3 is 5.97 Å². The van der Waals surface area contributed by atoms with E-state index in [9.17, 15) is 14.0 Å². The minimum Gasteiger partial charge on any atom is -0.478 e. The second kappa shape index (κ2) is 5.40. The van der Waals surface area contributed by atoms with E-state index in [2.05, 4.69) is 5.32 Å². The lowest BCUT2D eigenvalue weighted by atomic mass is 10.1. The van der Waals surface area contributed by atoms with Gasteiger partial charge in [-0.25, -0.2) is 9.18 Å². The van der Waals surface area contributed by atoms with Crippen LogP contribution in [0, 0.1) is 5.82 Å². The highest BCUT2D eigenvalue weighted by Crippen LogP contribution is 2.17. The summed E-state index contributed by atoms with van der Waals surface area (Å²) in [7, 11) is 3.40. The number of benzene rings is 1. The zero-order chi connectivity index (χ0) is 13.0. The van der Waals surface area contributed by atoms with E-state index in [1.54, 1.807) is 19.0 Å². The monoisotopic (exact) mass is 240 g/mol. The zero-order valence-electron chi connectivity index (χ0n) is 9.53. The molecule has 1 amide bonds. The molecule has 5 nitrogen and oxygen atoms in total. The molecule has 0 aromatic heterocycles. The normalized spacial score (nSPS) is 10.4. The second-order valence-corrected chi connectivity index (χ2v) is 3.78. The molecule has 0 radical (unpaired) electrons. The van der Waals surface area contributed by atoms with Gasteiger partial charge in [-0.1, -0.05) is 0 Å². The number of carboxylic acids is 1. The van der Waals surface area contributed by atoms with Crippen molar-refractivity contribution in [1.29, 1.82) is 0 Å². The van der Waals surface area contributed by atoms with Crippen molar-refractivity contribution in [2.75, 3.05) is 26.0 Å². The summed E-state index contributed by atoms with van der Waals surface area (Å²) in [6.45, 7) is 0.0928. The first kappa shape index (κ1) is 13.1. The molecule has 1 aromatic carbocycles. The van der Waals surface area contributed by atoms with Crippen molar-refractivity contribution in [2.24, 2.45) is 0 Å². The maximum atomic E-state index is 13.0. The van der Waals surface area contributed by atoms with Crippen molar-refractivity contribution in [3.63, 3.8) is 0 Å². The smallest absolute Gasteiger partial charge is 0.337 e. The average molecular weight is 240 g/mol. The van der Waals surface area contributed by atoms with E-state index in [0.29, 0.717) is 0 Å². The first-order valence-corrected chi connectivity index (χ1v) is 4.87. The first-order chi connectivity index (χ1) is 7.90. The molecule has 0 saturated heterocycles. The third-order valence-corrected chi connectivity index (χ3v) is 1.95. The Bertz CT molecular complexity index is 446. The topological polar surface area (TPSA) is 69.6 Å². The van der Waals surface area contributed by atoms with Crippen molar-refractivity contribution in [3.05, 3.63) is 29.6 Å². The molecule has 92 valence electrons. The number of carbonyl (C=O) groups excluding carboxylic acids is 1. The van der Waals surface area contributed by atoms with Gasteiger partial charge in [0.15, 0.2) is 0 Å². The number of anilines is 1. The largest absolute Gasteiger partial charge is 0.478 e. The van der Waals surface area contributed by atoms with Crippen molar-refractivity contribution < 1.29 is 19.1 Å². The number of nitrogens with one attached hydrogen (secondary N) is 1. The van der Waals surface area contributed by atoms with Gasteiger partial charge in [-0.2, -0.15) is 0 Å². The predicted molar refractivity (Wildman–Crippen MR) is 60.5 cm³/mol. The molecule has 1 aromatic rings. The van der Waals surface area contributed by atoms with Gasteiger partial charge in [0, 0.05) is 0 Å². The van der Waals surface area contributed by atoms with Gasteiger partial charge in [-0.3, -0.25) is 4.79 Å². The number of carbonyl (C=O) groups is 2. The van der Waals surface area contributed by atoms with E-state index in [0.717, 1.165) is 18.2 Å². The molecule has 0 spiro atoms. The molecule has 1 rings (SSSR count). The third kappa shape index (κ3) is 3.84. The molecular formula is C11H13FN2O3.